The lowest BCUT2D eigenvalue weighted by Crippen LogP contribution is -2.08. The molecule has 0 fully saturated rings. The van der Waals surface area contributed by atoms with Crippen LogP contribution in [0.2, 0.25) is 0 Å². The van der Waals surface area contributed by atoms with Crippen LogP contribution >= 0.6 is 0 Å². The number of alkyl halides is 3. The van der Waals surface area contributed by atoms with Gasteiger partial charge in [-0.25, -0.2) is 0 Å². The van der Waals surface area contributed by atoms with Crippen molar-refractivity contribution in [3.05, 3.63) is 41.6 Å². The Balaban J connectivity index is 2.65. The second-order valence-corrected chi connectivity index (χ2v) is 3.76. The summed E-state index contributed by atoms with van der Waals surface area (Å²) in [5.41, 5.74) is -0.633. The molecule has 0 aliphatic rings. The molecule has 0 saturated carbocycles. The topological polar surface area (TPSA) is 45.8 Å². The third kappa shape index (κ3) is 2.13. The number of halogens is 3. The van der Waals surface area contributed by atoms with Crippen molar-refractivity contribution >= 4 is 5.78 Å². The standard InChI is InChI=1S/C12H9F3N2O/c1-7(18)9-6-16-17-11(9)8-4-2-3-5-10(8)12(13,14)15/h2-6H,1H3,(H,16,17). The zero-order valence-corrected chi connectivity index (χ0v) is 9.38. The van der Waals surface area contributed by atoms with Crippen molar-refractivity contribution in [2.45, 2.75) is 13.1 Å². The molecule has 1 N–H and O–H groups in total. The van der Waals surface area contributed by atoms with Gasteiger partial charge in [-0.15, -0.1) is 0 Å². The van der Waals surface area contributed by atoms with Gasteiger partial charge in [-0.05, 0) is 13.0 Å². The first kappa shape index (κ1) is 12.3. The minimum absolute atomic E-state index is 0.0762. The van der Waals surface area contributed by atoms with E-state index >= 15 is 0 Å². The van der Waals surface area contributed by atoms with Gasteiger partial charge in [0.25, 0.3) is 0 Å². The van der Waals surface area contributed by atoms with Crippen LogP contribution in [0, 0.1) is 0 Å². The number of rotatable bonds is 2. The predicted octanol–water partition coefficient (Wildman–Crippen LogP) is 3.30. The minimum atomic E-state index is -4.48. The third-order valence-corrected chi connectivity index (χ3v) is 2.52. The molecule has 0 aliphatic heterocycles. The van der Waals surface area contributed by atoms with E-state index in [0.29, 0.717) is 0 Å². The van der Waals surface area contributed by atoms with Gasteiger partial charge >= 0.3 is 6.18 Å². The highest BCUT2D eigenvalue weighted by atomic mass is 19.4. The van der Waals surface area contributed by atoms with Gasteiger partial charge in [-0.3, -0.25) is 9.89 Å². The van der Waals surface area contributed by atoms with Crippen LogP contribution in [0.3, 0.4) is 0 Å². The molecule has 0 saturated heterocycles. The van der Waals surface area contributed by atoms with Crippen LogP contribution in [-0.4, -0.2) is 16.0 Å². The van der Waals surface area contributed by atoms with E-state index in [4.69, 9.17) is 0 Å². The molecule has 0 radical (unpaired) electrons. The quantitative estimate of drug-likeness (QED) is 0.836. The molecule has 1 aromatic carbocycles. The number of H-pyrrole nitrogens is 1. The SMILES string of the molecule is CC(=O)c1cn[nH]c1-c1ccccc1C(F)(F)F. The fourth-order valence-electron chi connectivity index (χ4n) is 1.71. The van der Waals surface area contributed by atoms with Crippen LogP contribution in [0.15, 0.2) is 30.5 Å². The van der Waals surface area contributed by atoms with E-state index < -0.39 is 11.7 Å². The van der Waals surface area contributed by atoms with Crippen molar-refractivity contribution < 1.29 is 18.0 Å². The zero-order chi connectivity index (χ0) is 13.3. The Kier molecular flexibility index (Phi) is 2.94. The van der Waals surface area contributed by atoms with Crippen LogP contribution in [0.4, 0.5) is 13.2 Å². The number of nitrogens with zero attached hydrogens (tertiary/aromatic N) is 1. The van der Waals surface area contributed by atoms with Crippen molar-refractivity contribution in [2.75, 3.05) is 0 Å². The van der Waals surface area contributed by atoms with Crippen molar-refractivity contribution in [3.8, 4) is 11.3 Å². The van der Waals surface area contributed by atoms with Gasteiger partial charge in [0.05, 0.1) is 23.0 Å². The normalized spacial score (nSPS) is 11.6. The number of carbonyl (C=O) groups is 1. The minimum Gasteiger partial charge on any atom is -0.294 e. The molecule has 3 nitrogen and oxygen atoms in total. The van der Waals surface area contributed by atoms with Gasteiger partial charge in [-0.2, -0.15) is 18.3 Å². The maximum absolute atomic E-state index is 12.9. The van der Waals surface area contributed by atoms with Gasteiger partial charge in [-0.1, -0.05) is 18.2 Å². The molecule has 0 atom stereocenters. The van der Waals surface area contributed by atoms with E-state index in [-0.39, 0.29) is 22.6 Å². The maximum Gasteiger partial charge on any atom is 0.417 e. The summed E-state index contributed by atoms with van der Waals surface area (Å²) in [5, 5.41) is 6.07. The summed E-state index contributed by atoms with van der Waals surface area (Å²) in [7, 11) is 0. The molecule has 18 heavy (non-hydrogen) atoms. The molecule has 1 heterocycles. The molecule has 6 heteroatoms. The van der Waals surface area contributed by atoms with Gasteiger partial charge < -0.3 is 0 Å². The smallest absolute Gasteiger partial charge is 0.294 e. The van der Waals surface area contributed by atoms with E-state index in [1.807, 2.05) is 0 Å². The molecular formula is C12H9F3N2O. The Hall–Kier alpha value is -2.11. The Labute approximate surface area is 101 Å². The average Bonchev–Trinajstić information content (AvgIpc) is 2.76. The van der Waals surface area contributed by atoms with Crippen LogP contribution in [0.5, 0.6) is 0 Å². The lowest BCUT2D eigenvalue weighted by Gasteiger charge is -2.11. The molecule has 0 amide bonds. The highest BCUT2D eigenvalue weighted by Gasteiger charge is 2.34. The first-order valence-electron chi connectivity index (χ1n) is 5.12. The predicted molar refractivity (Wildman–Crippen MR) is 59.0 cm³/mol. The van der Waals surface area contributed by atoms with Gasteiger partial charge in [0, 0.05) is 5.56 Å². The van der Waals surface area contributed by atoms with Crippen molar-refractivity contribution in [1.29, 1.82) is 0 Å². The molecule has 0 spiro atoms. The molecular weight excluding hydrogens is 245 g/mol. The fourth-order valence-corrected chi connectivity index (χ4v) is 1.71. The van der Waals surface area contributed by atoms with Crippen LogP contribution in [0.25, 0.3) is 11.3 Å². The van der Waals surface area contributed by atoms with Gasteiger partial charge in [0.1, 0.15) is 0 Å². The highest BCUT2D eigenvalue weighted by Crippen LogP contribution is 2.37. The van der Waals surface area contributed by atoms with E-state index in [2.05, 4.69) is 10.2 Å². The largest absolute Gasteiger partial charge is 0.417 e. The van der Waals surface area contributed by atoms with Crippen LogP contribution in [-0.2, 0) is 6.18 Å². The molecule has 0 unspecified atom stereocenters. The second kappa shape index (κ2) is 4.29. The monoisotopic (exact) mass is 254 g/mol. The van der Waals surface area contributed by atoms with Gasteiger partial charge in [0.2, 0.25) is 0 Å². The number of hydrogen-bond donors (Lipinski definition) is 1. The lowest BCUT2D eigenvalue weighted by atomic mass is 10.0. The Morgan fingerprint density at radius 1 is 1.28 bits per heavy atom. The highest BCUT2D eigenvalue weighted by molar-refractivity contribution is 5.99. The Morgan fingerprint density at radius 2 is 1.94 bits per heavy atom. The number of aromatic amines is 1. The number of nitrogens with one attached hydrogen (secondary N) is 1. The first-order valence-corrected chi connectivity index (χ1v) is 5.12. The average molecular weight is 254 g/mol. The van der Waals surface area contributed by atoms with Crippen LogP contribution < -0.4 is 0 Å². The molecule has 0 bridgehead atoms. The summed E-state index contributed by atoms with van der Waals surface area (Å²) in [6.45, 7) is 1.28. The third-order valence-electron chi connectivity index (χ3n) is 2.52. The van der Waals surface area contributed by atoms with E-state index in [1.54, 1.807) is 0 Å². The molecule has 94 valence electrons. The van der Waals surface area contributed by atoms with E-state index in [0.717, 1.165) is 6.07 Å². The molecule has 2 aromatic rings. The molecule has 2 rings (SSSR count). The number of aromatic nitrogens is 2. The lowest BCUT2D eigenvalue weighted by molar-refractivity contribution is -0.137. The number of carbonyl (C=O) groups excluding carboxylic acids is 1. The first-order chi connectivity index (χ1) is 8.41. The van der Waals surface area contributed by atoms with Crippen molar-refractivity contribution in [1.82, 2.24) is 10.2 Å². The second-order valence-electron chi connectivity index (χ2n) is 3.76. The number of Topliss-reactive ketones (excluding diaryl/α,β-unsaturated/α-hetero) is 1. The fraction of sp³-hybridized carbons (Fsp3) is 0.167. The number of ketones is 1. The number of benzene rings is 1. The van der Waals surface area contributed by atoms with Crippen molar-refractivity contribution in [2.24, 2.45) is 0 Å². The van der Waals surface area contributed by atoms with E-state index in [9.17, 15) is 18.0 Å². The zero-order valence-electron chi connectivity index (χ0n) is 9.38. The van der Waals surface area contributed by atoms with E-state index in [1.165, 1.54) is 31.3 Å². The van der Waals surface area contributed by atoms with Crippen molar-refractivity contribution in [3.63, 3.8) is 0 Å². The summed E-state index contributed by atoms with van der Waals surface area (Å²) in [5.74, 6) is -0.337. The molecule has 0 aliphatic carbocycles. The number of hydrogen-bond acceptors (Lipinski definition) is 2. The van der Waals surface area contributed by atoms with Gasteiger partial charge in [0.15, 0.2) is 5.78 Å². The molecule has 1 aromatic heterocycles. The summed E-state index contributed by atoms with van der Waals surface area (Å²) in [6, 6.07) is 5.06. The summed E-state index contributed by atoms with van der Waals surface area (Å²) < 4.78 is 38.6. The maximum atomic E-state index is 12.9. The summed E-state index contributed by atoms with van der Waals surface area (Å²) in [6.07, 6.45) is -3.25. The van der Waals surface area contributed by atoms with Crippen LogP contribution in [0.1, 0.15) is 22.8 Å². The summed E-state index contributed by atoms with van der Waals surface area (Å²) in [4.78, 5) is 11.3. The Bertz CT molecular complexity index is 587. The summed E-state index contributed by atoms with van der Waals surface area (Å²) >= 11 is 0. The Morgan fingerprint density at radius 3 is 2.56 bits per heavy atom.